The molecule has 1 aromatic heterocycles. The van der Waals surface area contributed by atoms with Crippen LogP contribution < -0.4 is 15.1 Å². The van der Waals surface area contributed by atoms with Crippen LogP contribution in [0.3, 0.4) is 0 Å². The van der Waals surface area contributed by atoms with E-state index >= 15 is 0 Å². The number of hydrogen-bond acceptors (Lipinski definition) is 4. The highest BCUT2D eigenvalue weighted by Crippen LogP contribution is 2.26. The van der Waals surface area contributed by atoms with Crippen molar-refractivity contribution in [2.45, 2.75) is 34.2 Å². The molecule has 0 aliphatic heterocycles. The lowest BCUT2D eigenvalue weighted by Gasteiger charge is -2.26. The zero-order chi connectivity index (χ0) is 19.8. The second-order valence-corrected chi connectivity index (χ2v) is 6.38. The molecule has 2 amide bonds. The normalized spacial score (nSPS) is 10.4. The van der Waals surface area contributed by atoms with Crippen LogP contribution in [0.15, 0.2) is 42.7 Å². The molecule has 0 saturated heterocycles. The summed E-state index contributed by atoms with van der Waals surface area (Å²) in [6.45, 7) is 9.91. The highest BCUT2D eigenvalue weighted by atomic mass is 16.2. The van der Waals surface area contributed by atoms with Crippen LogP contribution in [-0.4, -0.2) is 36.4 Å². The average Bonchev–Trinajstić information content (AvgIpc) is 2.66. The van der Waals surface area contributed by atoms with Gasteiger partial charge in [-0.2, -0.15) is 0 Å². The second-order valence-electron chi connectivity index (χ2n) is 6.38. The molecule has 6 heteroatoms. The van der Waals surface area contributed by atoms with Crippen molar-refractivity contribution >= 4 is 23.2 Å². The van der Waals surface area contributed by atoms with Gasteiger partial charge < -0.3 is 15.1 Å². The van der Waals surface area contributed by atoms with Crippen LogP contribution in [0.1, 0.15) is 31.9 Å². The van der Waals surface area contributed by atoms with Gasteiger partial charge in [-0.3, -0.25) is 14.6 Å². The molecular weight excluding hydrogens is 340 g/mol. The number of nitrogens with zero attached hydrogens (tertiary/aromatic N) is 3. The minimum atomic E-state index is -0.200. The Kier molecular flexibility index (Phi) is 7.34. The second kappa shape index (κ2) is 9.71. The monoisotopic (exact) mass is 368 g/mol. The third-order valence-electron chi connectivity index (χ3n) is 4.52. The highest BCUT2D eigenvalue weighted by molar-refractivity contribution is 5.98. The van der Waals surface area contributed by atoms with E-state index < -0.39 is 0 Å². The largest absolute Gasteiger partial charge is 0.372 e. The summed E-state index contributed by atoms with van der Waals surface area (Å²) >= 11 is 0. The molecule has 0 spiro atoms. The highest BCUT2D eigenvalue weighted by Gasteiger charge is 2.18. The van der Waals surface area contributed by atoms with Crippen molar-refractivity contribution in [2.75, 3.05) is 29.4 Å². The number of amides is 2. The molecule has 0 bridgehead atoms. The van der Waals surface area contributed by atoms with Crippen molar-refractivity contribution in [3.8, 4) is 0 Å². The number of carbonyl (C=O) groups is 2. The predicted molar refractivity (Wildman–Crippen MR) is 109 cm³/mol. The molecule has 1 heterocycles. The fraction of sp³-hybridized carbons (Fsp3) is 0.381. The lowest BCUT2D eigenvalue weighted by molar-refractivity contribution is -0.123. The lowest BCUT2D eigenvalue weighted by atomic mass is 10.1. The van der Waals surface area contributed by atoms with Crippen molar-refractivity contribution < 1.29 is 9.59 Å². The van der Waals surface area contributed by atoms with E-state index in [1.165, 1.54) is 11.8 Å². The molecule has 27 heavy (non-hydrogen) atoms. The summed E-state index contributed by atoms with van der Waals surface area (Å²) < 4.78 is 0. The Balaban J connectivity index is 2.10. The summed E-state index contributed by atoms with van der Waals surface area (Å²) in [7, 11) is 0. The molecule has 0 fully saturated rings. The summed E-state index contributed by atoms with van der Waals surface area (Å²) in [5.74, 6) is -0.359. The summed E-state index contributed by atoms with van der Waals surface area (Å²) in [5.41, 5.74) is 3.81. The number of aryl methyl sites for hydroxylation is 1. The smallest absolute Gasteiger partial charge is 0.240 e. The summed E-state index contributed by atoms with van der Waals surface area (Å²) in [6.07, 6.45) is 3.37. The quantitative estimate of drug-likeness (QED) is 0.778. The molecular formula is C21H28N4O2. The van der Waals surface area contributed by atoms with Crippen LogP contribution in [0.2, 0.25) is 0 Å². The number of pyridine rings is 1. The predicted octanol–water partition coefficient (Wildman–Crippen LogP) is 2.91. The minimum Gasteiger partial charge on any atom is -0.372 e. The molecule has 0 atom stereocenters. The number of rotatable bonds is 8. The topological polar surface area (TPSA) is 65.5 Å². The fourth-order valence-electron chi connectivity index (χ4n) is 2.99. The maximum atomic E-state index is 12.4. The zero-order valence-corrected chi connectivity index (χ0v) is 16.5. The molecule has 2 rings (SSSR count). The maximum absolute atomic E-state index is 12.4. The van der Waals surface area contributed by atoms with Crippen LogP contribution in [0.25, 0.3) is 0 Å². The maximum Gasteiger partial charge on any atom is 0.240 e. The Hall–Kier alpha value is -2.89. The Morgan fingerprint density at radius 2 is 1.74 bits per heavy atom. The number of anilines is 2. The number of aromatic nitrogens is 1. The van der Waals surface area contributed by atoms with Gasteiger partial charge in [0.15, 0.2) is 0 Å². The van der Waals surface area contributed by atoms with Gasteiger partial charge in [-0.1, -0.05) is 0 Å². The lowest BCUT2D eigenvalue weighted by Crippen LogP contribution is -2.40. The van der Waals surface area contributed by atoms with Crippen LogP contribution in [0.4, 0.5) is 11.4 Å². The van der Waals surface area contributed by atoms with Gasteiger partial charge in [-0.15, -0.1) is 0 Å². The van der Waals surface area contributed by atoms with Crippen LogP contribution in [0, 0.1) is 6.92 Å². The molecule has 0 unspecified atom stereocenters. The molecule has 144 valence electrons. The van der Waals surface area contributed by atoms with Gasteiger partial charge in [0, 0.05) is 50.3 Å². The van der Waals surface area contributed by atoms with Gasteiger partial charge in [0.1, 0.15) is 6.54 Å². The van der Waals surface area contributed by atoms with Crippen molar-refractivity contribution in [1.29, 1.82) is 0 Å². The number of nitrogens with one attached hydrogen (secondary N) is 1. The van der Waals surface area contributed by atoms with Crippen LogP contribution >= 0.6 is 0 Å². The van der Waals surface area contributed by atoms with E-state index in [9.17, 15) is 9.59 Å². The summed E-state index contributed by atoms with van der Waals surface area (Å²) in [5, 5.41) is 2.85. The third-order valence-corrected chi connectivity index (χ3v) is 4.52. The first-order chi connectivity index (χ1) is 13.0. The standard InChI is InChI=1S/C21H28N4O2/c1-5-24(6-2)19-7-8-20(16(3)13-19)25(17(4)26)15-21(27)23-14-18-9-11-22-12-10-18/h7-13H,5-6,14-15H2,1-4H3,(H,23,27). The molecule has 1 aromatic carbocycles. The molecule has 0 aliphatic carbocycles. The van der Waals surface area contributed by atoms with Crippen LogP contribution in [0.5, 0.6) is 0 Å². The van der Waals surface area contributed by atoms with Crippen molar-refractivity contribution in [2.24, 2.45) is 0 Å². The van der Waals surface area contributed by atoms with E-state index in [0.717, 1.165) is 35.6 Å². The molecule has 6 nitrogen and oxygen atoms in total. The van der Waals surface area contributed by atoms with Gasteiger partial charge in [-0.25, -0.2) is 0 Å². The molecule has 0 radical (unpaired) electrons. The van der Waals surface area contributed by atoms with Crippen molar-refractivity contribution in [3.05, 3.63) is 53.9 Å². The van der Waals surface area contributed by atoms with Gasteiger partial charge in [0.05, 0.1) is 0 Å². The van der Waals surface area contributed by atoms with E-state index in [4.69, 9.17) is 0 Å². The van der Waals surface area contributed by atoms with Gasteiger partial charge >= 0.3 is 0 Å². The third kappa shape index (κ3) is 5.54. The molecule has 0 saturated carbocycles. The first kappa shape index (κ1) is 20.4. The van der Waals surface area contributed by atoms with Gasteiger partial charge in [-0.05, 0) is 62.2 Å². The Morgan fingerprint density at radius 1 is 1.07 bits per heavy atom. The summed E-state index contributed by atoms with van der Waals surface area (Å²) in [6, 6.07) is 9.67. The van der Waals surface area contributed by atoms with E-state index in [0.29, 0.717) is 6.54 Å². The first-order valence-corrected chi connectivity index (χ1v) is 9.25. The van der Waals surface area contributed by atoms with E-state index in [1.807, 2.05) is 31.2 Å². The van der Waals surface area contributed by atoms with E-state index in [1.54, 1.807) is 12.4 Å². The van der Waals surface area contributed by atoms with Gasteiger partial charge in [0.25, 0.3) is 0 Å². The average molecular weight is 368 g/mol. The van der Waals surface area contributed by atoms with E-state index in [2.05, 4.69) is 35.1 Å². The minimum absolute atomic E-state index is 0.00806. The Morgan fingerprint density at radius 3 is 2.30 bits per heavy atom. The first-order valence-electron chi connectivity index (χ1n) is 9.25. The number of carbonyl (C=O) groups excluding carboxylic acids is 2. The number of benzene rings is 1. The summed E-state index contributed by atoms with van der Waals surface area (Å²) in [4.78, 5) is 32.2. The Bertz CT molecular complexity index is 773. The molecule has 2 aromatic rings. The van der Waals surface area contributed by atoms with E-state index in [-0.39, 0.29) is 18.4 Å². The van der Waals surface area contributed by atoms with Crippen LogP contribution in [-0.2, 0) is 16.1 Å². The molecule has 1 N–H and O–H groups in total. The zero-order valence-electron chi connectivity index (χ0n) is 16.5. The number of hydrogen-bond donors (Lipinski definition) is 1. The van der Waals surface area contributed by atoms with Crippen molar-refractivity contribution in [3.63, 3.8) is 0 Å². The van der Waals surface area contributed by atoms with Gasteiger partial charge in [0.2, 0.25) is 11.8 Å². The fourth-order valence-corrected chi connectivity index (χ4v) is 2.99. The van der Waals surface area contributed by atoms with Crippen molar-refractivity contribution in [1.82, 2.24) is 10.3 Å². The SMILES string of the molecule is CCN(CC)c1ccc(N(CC(=O)NCc2ccncc2)C(C)=O)c(C)c1. The molecule has 0 aliphatic rings. The Labute approximate surface area is 161 Å².